The van der Waals surface area contributed by atoms with E-state index in [0.717, 1.165) is 52.8 Å². The van der Waals surface area contributed by atoms with Gasteiger partial charge in [-0.05, 0) is 90.5 Å². The van der Waals surface area contributed by atoms with E-state index in [1.807, 2.05) is 50.1 Å². The summed E-state index contributed by atoms with van der Waals surface area (Å²) in [6.45, 7) is 9.04. The molecule has 0 saturated heterocycles. The van der Waals surface area contributed by atoms with Crippen molar-refractivity contribution in [1.29, 1.82) is 0 Å². The highest BCUT2D eigenvalue weighted by molar-refractivity contribution is 7.99. The van der Waals surface area contributed by atoms with Crippen LogP contribution < -0.4 is 0 Å². The summed E-state index contributed by atoms with van der Waals surface area (Å²) in [5.41, 5.74) is 4.57. The number of hydrogen-bond acceptors (Lipinski definition) is 8. The molecule has 1 N–H and O–H groups in total. The number of ether oxygens (including phenoxy) is 2. The average molecular weight is 712 g/mol. The van der Waals surface area contributed by atoms with Gasteiger partial charge in [-0.2, -0.15) is 16.9 Å². The molecule has 6 rings (SSSR count). The van der Waals surface area contributed by atoms with Crippen LogP contribution in [0.15, 0.2) is 60.9 Å². The molecule has 0 radical (unpaired) electrons. The Bertz CT molecular complexity index is 2040. The van der Waals surface area contributed by atoms with Gasteiger partial charge in [-0.25, -0.2) is 14.1 Å². The molecule has 51 heavy (non-hydrogen) atoms. The quantitative estimate of drug-likeness (QED) is 0.140. The zero-order valence-corrected chi connectivity index (χ0v) is 31.0. The Balaban J connectivity index is 1.48. The first kappa shape index (κ1) is 36.3. The van der Waals surface area contributed by atoms with E-state index in [-0.39, 0.29) is 17.3 Å². The fourth-order valence-electron chi connectivity index (χ4n) is 7.33. The van der Waals surface area contributed by atoms with Crippen LogP contribution in [-0.2, 0) is 44.4 Å². The number of carbonyl (C=O) groups is 2. The molecule has 4 heterocycles. The molecule has 1 aliphatic rings. The van der Waals surface area contributed by atoms with E-state index in [4.69, 9.17) is 19.6 Å². The summed E-state index contributed by atoms with van der Waals surface area (Å²) in [4.78, 5) is 37.2. The lowest BCUT2D eigenvalue weighted by Gasteiger charge is -2.31. The van der Waals surface area contributed by atoms with Crippen molar-refractivity contribution in [2.24, 2.45) is 18.4 Å². The molecule has 0 aliphatic carbocycles. The Kier molecular flexibility index (Phi) is 10.7. The third-order valence-electron chi connectivity index (χ3n) is 10.2. The number of H-pyrrole nitrogens is 1. The molecule has 3 atom stereocenters. The summed E-state index contributed by atoms with van der Waals surface area (Å²) in [5.74, 6) is 1.95. The third-order valence-corrected chi connectivity index (χ3v) is 11.7. The van der Waals surface area contributed by atoms with Gasteiger partial charge in [-0.3, -0.25) is 14.6 Å². The van der Waals surface area contributed by atoms with Crippen LogP contribution in [0.4, 0.5) is 4.39 Å². The van der Waals surface area contributed by atoms with Crippen LogP contribution in [0.2, 0.25) is 0 Å². The van der Waals surface area contributed by atoms with Gasteiger partial charge < -0.3 is 14.5 Å². The van der Waals surface area contributed by atoms with Gasteiger partial charge in [0.25, 0.3) is 6.47 Å². The number of aryl methyl sites for hydroxylation is 2. The highest BCUT2D eigenvalue weighted by atomic mass is 32.2. The van der Waals surface area contributed by atoms with Gasteiger partial charge in [0, 0.05) is 41.5 Å². The molecule has 2 aromatic carbocycles. The molecule has 1 aliphatic heterocycles. The van der Waals surface area contributed by atoms with Crippen molar-refractivity contribution in [2.45, 2.75) is 71.3 Å². The molecule has 4 bridgehead atoms. The van der Waals surface area contributed by atoms with Crippen LogP contribution in [0.1, 0.15) is 86.7 Å². The minimum absolute atomic E-state index is 0.0379. The Morgan fingerprint density at radius 1 is 1.18 bits per heavy atom. The molecule has 11 heteroatoms. The fraction of sp³-hybridized carbons (Fsp3) is 0.425. The molecule has 0 fully saturated rings. The average Bonchev–Trinajstić information content (AvgIpc) is 3.75. The van der Waals surface area contributed by atoms with Crippen LogP contribution in [0.3, 0.4) is 0 Å². The lowest BCUT2D eigenvalue weighted by molar-refractivity contribution is -0.144. The van der Waals surface area contributed by atoms with Crippen LogP contribution >= 0.6 is 11.8 Å². The van der Waals surface area contributed by atoms with Crippen molar-refractivity contribution in [3.05, 3.63) is 100 Å². The van der Waals surface area contributed by atoms with Crippen molar-refractivity contribution in [1.82, 2.24) is 24.7 Å². The molecule has 2 unspecified atom stereocenters. The largest absolute Gasteiger partial charge is 0.469 e. The number of aromatic amines is 1. The predicted molar refractivity (Wildman–Crippen MR) is 198 cm³/mol. The standard InChI is InChI=1S/C40H46FN5O4S/c1-25(37(48)49-6)19-26-9-7-10-28(20-26)40(4)15-8-14-39(2,3)23-51-18-13-30-29-12-17-42-32(29)22-31(41)34(30)35(50-24-47)27-11-16-43-33(21-27)36-44-38(40)45-46(36)5/h7,9-12,16-17,20-22,24-25,35,42H,8,13-15,18-19,23H2,1-6H3/t25-,35?,40?/m0/s1. The summed E-state index contributed by atoms with van der Waals surface area (Å²) in [7, 11) is 3.26. The Hall–Kier alpha value is -4.51. The van der Waals surface area contributed by atoms with E-state index in [1.54, 1.807) is 23.0 Å². The summed E-state index contributed by atoms with van der Waals surface area (Å²) < 4.78 is 28.6. The van der Waals surface area contributed by atoms with Gasteiger partial charge in [-0.1, -0.05) is 51.5 Å². The number of nitrogens with zero attached hydrogens (tertiary/aromatic N) is 4. The number of rotatable bonds is 6. The third kappa shape index (κ3) is 7.59. The normalized spacial score (nSPS) is 20.1. The Morgan fingerprint density at radius 3 is 2.78 bits per heavy atom. The van der Waals surface area contributed by atoms with Crippen molar-refractivity contribution in [3.63, 3.8) is 0 Å². The molecule has 0 spiro atoms. The lowest BCUT2D eigenvalue weighted by Crippen LogP contribution is -2.27. The number of thioether (sulfide) groups is 1. The van der Waals surface area contributed by atoms with Crippen molar-refractivity contribution >= 4 is 35.1 Å². The first-order valence-corrected chi connectivity index (χ1v) is 18.6. The van der Waals surface area contributed by atoms with E-state index < -0.39 is 17.3 Å². The molecular weight excluding hydrogens is 666 g/mol. The summed E-state index contributed by atoms with van der Waals surface area (Å²) in [6, 6.07) is 15.3. The van der Waals surface area contributed by atoms with Gasteiger partial charge in [0.15, 0.2) is 17.8 Å². The fourth-order valence-corrected chi connectivity index (χ4v) is 8.52. The summed E-state index contributed by atoms with van der Waals surface area (Å²) in [5, 5.41) is 5.90. The second-order valence-electron chi connectivity index (χ2n) is 14.6. The van der Waals surface area contributed by atoms with E-state index in [9.17, 15) is 9.59 Å². The number of nitrogens with one attached hydrogen (secondary N) is 1. The first-order valence-electron chi connectivity index (χ1n) is 17.4. The minimum atomic E-state index is -0.994. The molecule has 3 aromatic heterocycles. The lowest BCUT2D eigenvalue weighted by atomic mass is 9.75. The van der Waals surface area contributed by atoms with Crippen LogP contribution in [0.25, 0.3) is 22.4 Å². The number of methoxy groups -OCH3 is 1. The number of hydrogen-bond donors (Lipinski definition) is 1. The van der Waals surface area contributed by atoms with Gasteiger partial charge in [0.2, 0.25) is 0 Å². The maximum Gasteiger partial charge on any atom is 0.308 e. The van der Waals surface area contributed by atoms with Gasteiger partial charge >= 0.3 is 5.97 Å². The smallest absolute Gasteiger partial charge is 0.308 e. The topological polar surface area (TPSA) is 112 Å². The Labute approximate surface area is 302 Å². The maximum atomic E-state index is 16.1. The monoisotopic (exact) mass is 711 g/mol. The molecule has 0 saturated carbocycles. The summed E-state index contributed by atoms with van der Waals surface area (Å²) in [6.07, 6.45) is 6.35. The maximum absolute atomic E-state index is 16.1. The molecule has 9 nitrogen and oxygen atoms in total. The number of benzene rings is 2. The van der Waals surface area contributed by atoms with Gasteiger partial charge in [-0.15, -0.1) is 0 Å². The predicted octanol–water partition coefficient (Wildman–Crippen LogP) is 7.90. The molecule has 0 amide bonds. The minimum Gasteiger partial charge on any atom is -0.469 e. The Morgan fingerprint density at radius 2 is 2.00 bits per heavy atom. The van der Waals surface area contributed by atoms with Gasteiger partial charge in [0.1, 0.15) is 11.5 Å². The van der Waals surface area contributed by atoms with E-state index in [2.05, 4.69) is 42.9 Å². The van der Waals surface area contributed by atoms with Crippen LogP contribution in [-0.4, -0.2) is 55.8 Å². The summed E-state index contributed by atoms with van der Waals surface area (Å²) >= 11 is 1.86. The van der Waals surface area contributed by atoms with Crippen LogP contribution in [0, 0.1) is 17.2 Å². The first-order chi connectivity index (χ1) is 24.4. The van der Waals surface area contributed by atoms with E-state index in [0.29, 0.717) is 53.3 Å². The molecular formula is C40H46FN5O4S. The molecule has 268 valence electrons. The van der Waals surface area contributed by atoms with Crippen molar-refractivity contribution < 1.29 is 23.5 Å². The zero-order valence-electron chi connectivity index (χ0n) is 30.2. The number of fused-ring (bicyclic) bond motifs is 8. The van der Waals surface area contributed by atoms with Crippen LogP contribution in [0.5, 0.6) is 0 Å². The van der Waals surface area contributed by atoms with Gasteiger partial charge in [0.05, 0.1) is 18.4 Å². The number of aromatic nitrogens is 5. The highest BCUT2D eigenvalue weighted by Gasteiger charge is 2.36. The number of pyridine rings is 1. The second-order valence-corrected chi connectivity index (χ2v) is 15.7. The number of esters is 1. The van der Waals surface area contributed by atoms with E-state index in [1.165, 1.54) is 13.2 Å². The van der Waals surface area contributed by atoms with Crippen molar-refractivity contribution in [2.75, 3.05) is 18.6 Å². The van der Waals surface area contributed by atoms with E-state index >= 15 is 4.39 Å². The molecule has 5 aromatic rings. The SMILES string of the molecule is COC(=O)[C@@H](C)Cc1cccc(C2(C)CCCC(C)(C)CSCCc3c(c(F)cc4[nH]ccc34)C(OC=O)c3ccnc(c3)-c3nc2nn3C)c1. The zero-order chi connectivity index (χ0) is 36.3. The second kappa shape index (κ2) is 15.0. The van der Waals surface area contributed by atoms with Crippen molar-refractivity contribution in [3.8, 4) is 11.5 Å². The number of halogens is 1. The highest BCUT2D eigenvalue weighted by Crippen LogP contribution is 2.41. The number of carbonyl (C=O) groups excluding carboxylic acids is 2.